The molecular formula is C20H24ClN3O3S2. The van der Waals surface area contributed by atoms with Crippen LogP contribution in [0.5, 0.6) is 0 Å². The van der Waals surface area contributed by atoms with Crippen LogP contribution in [-0.4, -0.2) is 42.5 Å². The van der Waals surface area contributed by atoms with E-state index in [4.69, 9.17) is 11.6 Å². The first-order valence-electron chi connectivity index (χ1n) is 9.50. The van der Waals surface area contributed by atoms with Crippen molar-refractivity contribution in [3.05, 3.63) is 53.2 Å². The van der Waals surface area contributed by atoms with Crippen molar-refractivity contribution < 1.29 is 13.2 Å². The van der Waals surface area contributed by atoms with Gasteiger partial charge in [0.05, 0.1) is 16.8 Å². The Morgan fingerprint density at radius 2 is 2.00 bits per heavy atom. The van der Waals surface area contributed by atoms with Gasteiger partial charge in [0, 0.05) is 24.3 Å². The van der Waals surface area contributed by atoms with E-state index in [0.29, 0.717) is 23.1 Å². The Labute approximate surface area is 181 Å². The summed E-state index contributed by atoms with van der Waals surface area (Å²) in [5.74, 6) is 0.0603. The molecular weight excluding hydrogens is 430 g/mol. The summed E-state index contributed by atoms with van der Waals surface area (Å²) < 4.78 is 26.8. The fourth-order valence-corrected chi connectivity index (χ4v) is 5.46. The predicted octanol–water partition coefficient (Wildman–Crippen LogP) is 3.88. The second kappa shape index (κ2) is 9.93. The van der Waals surface area contributed by atoms with Crippen LogP contribution in [0.2, 0.25) is 5.02 Å². The average molecular weight is 454 g/mol. The van der Waals surface area contributed by atoms with Gasteiger partial charge in [-0.25, -0.2) is 13.4 Å². The molecule has 1 aromatic carbocycles. The first-order valence-corrected chi connectivity index (χ1v) is 12.3. The second-order valence-corrected chi connectivity index (χ2v) is 10.3. The molecule has 29 heavy (non-hydrogen) atoms. The van der Waals surface area contributed by atoms with Crippen LogP contribution in [0.15, 0.2) is 52.5 Å². The number of nitrogens with zero attached hydrogens (tertiary/aromatic N) is 2. The standard InChI is InChI=1S/C20H24ClN3O3S2/c1-15(16-6-5-7-17(21)12-16)23-19(25)14-28-20-9-8-18(13-22-20)29(26,27)24-10-3-2-4-11-24/h5-9,12-13,15H,2-4,10-11,14H2,1H3,(H,23,25)/t15-/m1/s1. The highest BCUT2D eigenvalue weighted by Crippen LogP contribution is 2.23. The minimum absolute atomic E-state index is 0.130. The van der Waals surface area contributed by atoms with Gasteiger partial charge in [-0.1, -0.05) is 41.9 Å². The molecule has 0 unspecified atom stereocenters. The van der Waals surface area contributed by atoms with E-state index < -0.39 is 10.0 Å². The monoisotopic (exact) mass is 453 g/mol. The van der Waals surface area contributed by atoms with Crippen molar-refractivity contribution in [3.8, 4) is 0 Å². The summed E-state index contributed by atoms with van der Waals surface area (Å²) in [4.78, 5) is 16.6. The number of benzene rings is 1. The van der Waals surface area contributed by atoms with Gasteiger partial charge in [-0.3, -0.25) is 4.79 Å². The van der Waals surface area contributed by atoms with E-state index in [2.05, 4.69) is 10.3 Å². The Morgan fingerprint density at radius 1 is 1.24 bits per heavy atom. The highest BCUT2D eigenvalue weighted by molar-refractivity contribution is 7.99. The third kappa shape index (κ3) is 5.94. The molecule has 0 spiro atoms. The van der Waals surface area contributed by atoms with Gasteiger partial charge in [0.15, 0.2) is 0 Å². The van der Waals surface area contributed by atoms with Crippen LogP contribution < -0.4 is 5.32 Å². The van der Waals surface area contributed by atoms with E-state index in [9.17, 15) is 13.2 Å². The van der Waals surface area contributed by atoms with Crippen molar-refractivity contribution in [2.45, 2.75) is 42.1 Å². The van der Waals surface area contributed by atoms with E-state index in [1.807, 2.05) is 25.1 Å². The smallest absolute Gasteiger partial charge is 0.244 e. The number of pyridine rings is 1. The maximum atomic E-state index is 12.7. The Hall–Kier alpha value is -1.61. The summed E-state index contributed by atoms with van der Waals surface area (Å²) in [6.45, 7) is 3.01. The molecule has 0 bridgehead atoms. The summed E-state index contributed by atoms with van der Waals surface area (Å²) in [5.41, 5.74) is 0.932. The largest absolute Gasteiger partial charge is 0.349 e. The van der Waals surface area contributed by atoms with Crippen molar-refractivity contribution in [2.75, 3.05) is 18.8 Å². The minimum Gasteiger partial charge on any atom is -0.349 e. The number of amides is 1. The Morgan fingerprint density at radius 3 is 2.66 bits per heavy atom. The van der Waals surface area contributed by atoms with Crippen LogP contribution >= 0.6 is 23.4 Å². The summed E-state index contributed by atoms with van der Waals surface area (Å²) in [7, 11) is -3.49. The number of carbonyl (C=O) groups excluding carboxylic acids is 1. The molecule has 0 radical (unpaired) electrons. The predicted molar refractivity (Wildman–Crippen MR) is 116 cm³/mol. The van der Waals surface area contributed by atoms with Gasteiger partial charge in [-0.05, 0) is 49.6 Å². The zero-order chi connectivity index (χ0) is 20.9. The topological polar surface area (TPSA) is 79.4 Å². The van der Waals surface area contributed by atoms with E-state index in [-0.39, 0.29) is 22.6 Å². The third-order valence-corrected chi connectivity index (χ3v) is 7.80. The molecule has 2 heterocycles. The Bertz CT molecular complexity index is 946. The van der Waals surface area contributed by atoms with Crippen molar-refractivity contribution >= 4 is 39.3 Å². The molecule has 1 fully saturated rings. The molecule has 1 aromatic heterocycles. The van der Waals surface area contributed by atoms with Gasteiger partial charge < -0.3 is 5.32 Å². The molecule has 1 N–H and O–H groups in total. The molecule has 3 rings (SSSR count). The maximum Gasteiger partial charge on any atom is 0.244 e. The van der Waals surface area contributed by atoms with Gasteiger partial charge in [0.1, 0.15) is 4.90 Å². The number of thioether (sulfide) groups is 1. The lowest BCUT2D eigenvalue weighted by molar-refractivity contribution is -0.119. The zero-order valence-electron chi connectivity index (χ0n) is 16.2. The Balaban J connectivity index is 1.54. The van der Waals surface area contributed by atoms with Crippen molar-refractivity contribution in [1.29, 1.82) is 0 Å². The SMILES string of the molecule is C[C@@H](NC(=O)CSc1ccc(S(=O)(=O)N2CCCCC2)cn1)c1cccc(Cl)c1. The number of piperidine rings is 1. The minimum atomic E-state index is -3.49. The van der Waals surface area contributed by atoms with Gasteiger partial charge in [-0.15, -0.1) is 0 Å². The molecule has 1 atom stereocenters. The number of sulfonamides is 1. The molecule has 9 heteroatoms. The van der Waals surface area contributed by atoms with E-state index in [1.165, 1.54) is 22.3 Å². The molecule has 0 aliphatic carbocycles. The summed E-state index contributed by atoms with van der Waals surface area (Å²) in [5, 5.41) is 4.15. The number of carbonyl (C=O) groups is 1. The third-order valence-electron chi connectivity index (χ3n) is 4.74. The maximum absolute atomic E-state index is 12.7. The number of nitrogens with one attached hydrogen (secondary N) is 1. The fraction of sp³-hybridized carbons (Fsp3) is 0.400. The van der Waals surface area contributed by atoms with Crippen LogP contribution in [0.25, 0.3) is 0 Å². The van der Waals surface area contributed by atoms with E-state index in [1.54, 1.807) is 18.2 Å². The lowest BCUT2D eigenvalue weighted by atomic mass is 10.1. The van der Waals surface area contributed by atoms with Crippen LogP contribution in [0.1, 0.15) is 37.8 Å². The molecule has 1 saturated heterocycles. The van der Waals surface area contributed by atoms with Crippen molar-refractivity contribution in [3.63, 3.8) is 0 Å². The molecule has 1 aliphatic rings. The Kier molecular flexibility index (Phi) is 7.56. The molecule has 1 amide bonds. The zero-order valence-corrected chi connectivity index (χ0v) is 18.6. The lowest BCUT2D eigenvalue weighted by Gasteiger charge is -2.25. The van der Waals surface area contributed by atoms with E-state index in [0.717, 1.165) is 24.8 Å². The highest BCUT2D eigenvalue weighted by Gasteiger charge is 2.26. The molecule has 6 nitrogen and oxygen atoms in total. The highest BCUT2D eigenvalue weighted by atomic mass is 35.5. The van der Waals surface area contributed by atoms with E-state index >= 15 is 0 Å². The average Bonchev–Trinajstić information content (AvgIpc) is 2.73. The normalized spacial score (nSPS) is 16.3. The van der Waals surface area contributed by atoms with Gasteiger partial charge in [0.2, 0.25) is 15.9 Å². The number of halogens is 1. The summed E-state index contributed by atoms with van der Waals surface area (Å²) in [6, 6.07) is 10.4. The lowest BCUT2D eigenvalue weighted by Crippen LogP contribution is -2.35. The number of hydrogen-bond acceptors (Lipinski definition) is 5. The first kappa shape index (κ1) is 22.1. The molecule has 156 valence electrons. The number of rotatable bonds is 7. The first-order chi connectivity index (χ1) is 13.9. The number of aromatic nitrogens is 1. The van der Waals surface area contributed by atoms with Crippen LogP contribution in [0.3, 0.4) is 0 Å². The van der Waals surface area contributed by atoms with Crippen molar-refractivity contribution in [1.82, 2.24) is 14.6 Å². The quantitative estimate of drug-likeness (QED) is 0.643. The van der Waals surface area contributed by atoms with Crippen molar-refractivity contribution in [2.24, 2.45) is 0 Å². The number of hydrogen-bond donors (Lipinski definition) is 1. The molecule has 2 aromatic rings. The van der Waals surface area contributed by atoms with Gasteiger partial charge in [-0.2, -0.15) is 4.31 Å². The second-order valence-electron chi connectivity index (χ2n) is 6.93. The van der Waals surface area contributed by atoms with Crippen LogP contribution in [0, 0.1) is 0 Å². The van der Waals surface area contributed by atoms with Gasteiger partial charge in [0.25, 0.3) is 0 Å². The summed E-state index contributed by atoms with van der Waals surface area (Å²) in [6.07, 6.45) is 4.23. The summed E-state index contributed by atoms with van der Waals surface area (Å²) >= 11 is 7.26. The van der Waals surface area contributed by atoms with Gasteiger partial charge >= 0.3 is 0 Å². The fourth-order valence-electron chi connectivity index (χ4n) is 3.14. The van der Waals surface area contributed by atoms with Crippen LogP contribution in [0.4, 0.5) is 0 Å². The molecule has 1 aliphatic heterocycles. The molecule has 0 saturated carbocycles. The van der Waals surface area contributed by atoms with Crippen LogP contribution in [-0.2, 0) is 14.8 Å².